The predicted octanol–water partition coefficient (Wildman–Crippen LogP) is 1.32. The molecule has 0 aromatic carbocycles. The van der Waals surface area contributed by atoms with Crippen molar-refractivity contribution < 1.29 is 46.1 Å². The number of fused-ring (bicyclic) bond motifs is 2. The molecule has 2 saturated heterocycles. The maximum Gasteiger partial charge on any atom is 0.490 e. The number of hydrogen-bond acceptors (Lipinski definition) is 4. The van der Waals surface area contributed by atoms with Crippen LogP contribution in [0.4, 0.5) is 26.3 Å². The number of alkyl halides is 6. The molecule has 2 heterocycles. The smallest absolute Gasteiger partial charge is 0.475 e. The third-order valence-electron chi connectivity index (χ3n) is 3.06. The lowest BCUT2D eigenvalue weighted by atomic mass is 10.2. The number of carboxylic acid groups (broad SMARTS) is 2. The average molecular weight is 354 g/mol. The lowest BCUT2D eigenvalue weighted by Gasteiger charge is -2.25. The maximum atomic E-state index is 10.6. The van der Waals surface area contributed by atoms with Crippen molar-refractivity contribution in [1.82, 2.24) is 10.2 Å². The molecule has 2 fully saturated rings. The van der Waals surface area contributed by atoms with Crippen LogP contribution < -0.4 is 5.32 Å². The second kappa shape index (κ2) is 8.34. The van der Waals surface area contributed by atoms with Crippen molar-refractivity contribution in [3.8, 4) is 0 Å². The summed E-state index contributed by atoms with van der Waals surface area (Å²) in [6.45, 7) is 6.02. The van der Waals surface area contributed by atoms with Crippen LogP contribution >= 0.6 is 0 Å². The quantitative estimate of drug-likeness (QED) is 0.616. The van der Waals surface area contributed by atoms with Crippen LogP contribution in [0.5, 0.6) is 0 Å². The average Bonchev–Trinajstić information content (AvgIpc) is 2.99. The molecule has 6 nitrogen and oxygen atoms in total. The molecule has 0 radical (unpaired) electrons. The number of nitrogens with one attached hydrogen (secondary N) is 1. The number of carboxylic acids is 2. The van der Waals surface area contributed by atoms with Gasteiger partial charge in [-0.05, 0) is 13.0 Å². The summed E-state index contributed by atoms with van der Waals surface area (Å²) in [5.41, 5.74) is 0. The molecular formula is C11H16F6N2O4. The maximum absolute atomic E-state index is 10.6. The van der Waals surface area contributed by atoms with E-state index >= 15 is 0 Å². The van der Waals surface area contributed by atoms with Gasteiger partial charge in [0, 0.05) is 25.2 Å². The molecule has 0 aliphatic carbocycles. The first-order chi connectivity index (χ1) is 10.3. The van der Waals surface area contributed by atoms with Crippen LogP contribution in [0.25, 0.3) is 0 Å². The zero-order valence-electron chi connectivity index (χ0n) is 11.9. The first-order valence-corrected chi connectivity index (χ1v) is 6.36. The van der Waals surface area contributed by atoms with Crippen molar-refractivity contribution in [3.05, 3.63) is 0 Å². The van der Waals surface area contributed by atoms with E-state index < -0.39 is 24.3 Å². The van der Waals surface area contributed by atoms with Gasteiger partial charge in [0.1, 0.15) is 0 Å². The van der Waals surface area contributed by atoms with Gasteiger partial charge in [-0.2, -0.15) is 26.3 Å². The molecular weight excluding hydrogens is 338 g/mol. The number of nitrogens with zero attached hydrogens (tertiary/aromatic N) is 1. The fourth-order valence-electron chi connectivity index (χ4n) is 2.03. The number of halogens is 6. The van der Waals surface area contributed by atoms with Crippen LogP contribution in [-0.4, -0.2) is 71.1 Å². The van der Waals surface area contributed by atoms with Gasteiger partial charge in [0.05, 0.1) is 0 Å². The second-order valence-electron chi connectivity index (χ2n) is 4.69. The van der Waals surface area contributed by atoms with E-state index in [0.717, 1.165) is 12.1 Å². The lowest BCUT2D eigenvalue weighted by Crippen LogP contribution is -2.43. The van der Waals surface area contributed by atoms with E-state index in [4.69, 9.17) is 19.8 Å². The number of hydrogen-bond donors (Lipinski definition) is 3. The Kier molecular flexibility index (Phi) is 7.77. The number of rotatable bonds is 1. The van der Waals surface area contributed by atoms with Crippen molar-refractivity contribution in [2.75, 3.05) is 19.6 Å². The van der Waals surface area contributed by atoms with Crippen LogP contribution in [0.3, 0.4) is 0 Å². The molecule has 0 unspecified atom stereocenters. The number of aliphatic carboxylic acids is 2. The molecule has 2 rings (SSSR count). The topological polar surface area (TPSA) is 89.9 Å². The molecule has 0 saturated carbocycles. The SMILES string of the molecule is CCN1C[C@@H]2C[C@H]1CN2.O=C(O)C(F)(F)F.O=C(O)C(F)(F)F. The van der Waals surface area contributed by atoms with Crippen LogP contribution in [0.15, 0.2) is 0 Å². The zero-order chi connectivity index (χ0) is 18.4. The Balaban J connectivity index is 0.000000322. The molecule has 2 aliphatic rings. The van der Waals surface area contributed by atoms with Crippen molar-refractivity contribution in [1.29, 1.82) is 0 Å². The van der Waals surface area contributed by atoms with Gasteiger partial charge in [-0.25, -0.2) is 9.59 Å². The highest BCUT2D eigenvalue weighted by atomic mass is 19.4. The second-order valence-corrected chi connectivity index (χ2v) is 4.69. The standard InChI is InChI=1S/C7H14N2.2C2HF3O2/c1-2-9-5-6-3-7(9)4-8-6;2*3-2(4,5)1(6)7/h6-8H,2-5H2,1H3;2*(H,6,7)/t6-,7-;;/m0../s1. The molecule has 23 heavy (non-hydrogen) atoms. The molecule has 3 N–H and O–H groups in total. The van der Waals surface area contributed by atoms with E-state index in [1.54, 1.807) is 0 Å². The Labute approximate surface area is 127 Å². The van der Waals surface area contributed by atoms with Gasteiger partial charge in [0.25, 0.3) is 0 Å². The minimum absolute atomic E-state index is 0.829. The summed E-state index contributed by atoms with van der Waals surface area (Å²) in [6, 6.07) is 1.70. The first kappa shape index (κ1) is 21.4. The van der Waals surface area contributed by atoms with Gasteiger partial charge < -0.3 is 15.5 Å². The Bertz CT molecular complexity index is 388. The van der Waals surface area contributed by atoms with Gasteiger partial charge in [-0.1, -0.05) is 6.92 Å². The predicted molar refractivity (Wildman–Crippen MR) is 64.8 cm³/mol. The third-order valence-corrected chi connectivity index (χ3v) is 3.06. The Morgan fingerprint density at radius 3 is 1.61 bits per heavy atom. The van der Waals surface area contributed by atoms with Gasteiger partial charge in [-0.3, -0.25) is 4.90 Å². The van der Waals surface area contributed by atoms with E-state index in [-0.39, 0.29) is 0 Å². The van der Waals surface area contributed by atoms with Crippen molar-refractivity contribution in [2.24, 2.45) is 0 Å². The summed E-state index contributed by atoms with van der Waals surface area (Å²) >= 11 is 0. The van der Waals surface area contributed by atoms with Crippen LogP contribution in [0, 0.1) is 0 Å². The minimum Gasteiger partial charge on any atom is -0.475 e. The summed E-state index contributed by atoms with van der Waals surface area (Å²) in [5, 5.41) is 17.7. The summed E-state index contributed by atoms with van der Waals surface area (Å²) in [7, 11) is 0. The molecule has 136 valence electrons. The number of piperazine rings is 1. The highest BCUT2D eigenvalue weighted by Crippen LogP contribution is 2.21. The van der Waals surface area contributed by atoms with Crippen molar-refractivity contribution >= 4 is 11.9 Å². The molecule has 0 aromatic rings. The molecule has 12 heteroatoms. The summed E-state index contributed by atoms with van der Waals surface area (Å²) in [6.07, 6.45) is -8.77. The number of likely N-dealkylation sites (tertiary alicyclic amines) is 1. The van der Waals surface area contributed by atoms with E-state index in [0.29, 0.717) is 0 Å². The highest BCUT2D eigenvalue weighted by molar-refractivity contribution is 5.73. The number of carbonyl (C=O) groups is 2. The fraction of sp³-hybridized carbons (Fsp3) is 0.818. The highest BCUT2D eigenvalue weighted by Gasteiger charge is 2.39. The molecule has 2 atom stereocenters. The fourth-order valence-corrected chi connectivity index (χ4v) is 2.03. The zero-order valence-corrected chi connectivity index (χ0v) is 11.9. The Morgan fingerprint density at radius 2 is 1.48 bits per heavy atom. The van der Waals surface area contributed by atoms with E-state index in [2.05, 4.69) is 17.1 Å². The normalized spacial score (nSPS) is 23.4. The van der Waals surface area contributed by atoms with E-state index in [1.807, 2.05) is 0 Å². The molecule has 2 aliphatic heterocycles. The number of likely N-dealkylation sites (N-methyl/N-ethyl adjacent to an activating group) is 1. The van der Waals surface area contributed by atoms with Gasteiger partial charge >= 0.3 is 24.3 Å². The molecule has 2 bridgehead atoms. The minimum atomic E-state index is -5.08. The van der Waals surface area contributed by atoms with Gasteiger partial charge in [0.15, 0.2) is 0 Å². The van der Waals surface area contributed by atoms with Gasteiger partial charge in [-0.15, -0.1) is 0 Å². The van der Waals surface area contributed by atoms with E-state index in [9.17, 15) is 26.3 Å². The van der Waals surface area contributed by atoms with Crippen LogP contribution in [0.2, 0.25) is 0 Å². The summed E-state index contributed by atoms with van der Waals surface area (Å²) in [5.74, 6) is -5.51. The lowest BCUT2D eigenvalue weighted by molar-refractivity contribution is -0.193. The monoisotopic (exact) mass is 354 g/mol. The van der Waals surface area contributed by atoms with Gasteiger partial charge in [0.2, 0.25) is 0 Å². The summed E-state index contributed by atoms with van der Waals surface area (Å²) in [4.78, 5) is 20.4. The molecule has 0 aromatic heterocycles. The summed E-state index contributed by atoms with van der Waals surface area (Å²) < 4.78 is 63.5. The molecule has 0 spiro atoms. The molecule has 0 amide bonds. The van der Waals surface area contributed by atoms with E-state index in [1.165, 1.54) is 26.1 Å². The third kappa shape index (κ3) is 8.02. The largest absolute Gasteiger partial charge is 0.490 e. The van der Waals surface area contributed by atoms with Crippen molar-refractivity contribution in [3.63, 3.8) is 0 Å². The van der Waals surface area contributed by atoms with Crippen LogP contribution in [-0.2, 0) is 9.59 Å². The Hall–Kier alpha value is -1.56. The van der Waals surface area contributed by atoms with Crippen LogP contribution in [0.1, 0.15) is 13.3 Å². The first-order valence-electron chi connectivity index (χ1n) is 6.36. The Morgan fingerprint density at radius 1 is 1.09 bits per heavy atom. The van der Waals surface area contributed by atoms with Crippen molar-refractivity contribution in [2.45, 2.75) is 37.8 Å².